The third-order valence-corrected chi connectivity index (χ3v) is 5.83. The van der Waals surface area contributed by atoms with E-state index in [0.717, 1.165) is 45.8 Å². The quantitative estimate of drug-likeness (QED) is 0.374. The van der Waals surface area contributed by atoms with Gasteiger partial charge in [0, 0.05) is 26.2 Å². The van der Waals surface area contributed by atoms with Crippen molar-refractivity contribution in [2.45, 2.75) is 17.7 Å². The highest BCUT2D eigenvalue weighted by molar-refractivity contribution is 7.91. The van der Waals surface area contributed by atoms with Crippen molar-refractivity contribution in [2.24, 2.45) is 10.7 Å². The molecule has 1 aromatic carbocycles. The van der Waals surface area contributed by atoms with Crippen LogP contribution in [-0.4, -0.2) is 71.0 Å². The standard InChI is InChI=1S/C17H28N4O3S/c18-17(19-8-4-10-21-11-13-24-14-12-21)20-9-5-15-25(22,23)16-6-2-1-3-7-16/h1-3,6-7H,4-5,8-15H2,(H3,18,19,20). The average Bonchev–Trinajstić information content (AvgIpc) is 2.64. The Hall–Kier alpha value is -1.64. The van der Waals surface area contributed by atoms with Gasteiger partial charge in [0.1, 0.15) is 0 Å². The number of guanidine groups is 1. The van der Waals surface area contributed by atoms with Gasteiger partial charge in [-0.1, -0.05) is 18.2 Å². The van der Waals surface area contributed by atoms with Crippen LogP contribution in [-0.2, 0) is 14.6 Å². The van der Waals surface area contributed by atoms with Crippen LogP contribution in [0.15, 0.2) is 40.2 Å². The van der Waals surface area contributed by atoms with Crippen LogP contribution in [0, 0.1) is 0 Å². The smallest absolute Gasteiger partial charge is 0.188 e. The lowest BCUT2D eigenvalue weighted by Gasteiger charge is -2.26. The summed E-state index contributed by atoms with van der Waals surface area (Å²) in [6, 6.07) is 8.48. The minimum Gasteiger partial charge on any atom is -0.379 e. The van der Waals surface area contributed by atoms with Crippen molar-refractivity contribution in [3.8, 4) is 0 Å². The predicted octanol–water partition coefficient (Wildman–Crippen LogP) is 0.477. The molecule has 0 atom stereocenters. The van der Waals surface area contributed by atoms with Gasteiger partial charge in [0.25, 0.3) is 0 Å². The van der Waals surface area contributed by atoms with Gasteiger partial charge in [-0.3, -0.25) is 9.89 Å². The van der Waals surface area contributed by atoms with Crippen molar-refractivity contribution in [1.82, 2.24) is 10.2 Å². The molecule has 1 aliphatic heterocycles. The monoisotopic (exact) mass is 368 g/mol. The Morgan fingerprint density at radius 2 is 1.92 bits per heavy atom. The fourth-order valence-corrected chi connectivity index (χ4v) is 3.92. The molecule has 0 spiro atoms. The topological polar surface area (TPSA) is 97.0 Å². The number of hydrogen-bond donors (Lipinski definition) is 2. The Morgan fingerprint density at radius 1 is 1.20 bits per heavy atom. The van der Waals surface area contributed by atoms with Crippen LogP contribution in [0.4, 0.5) is 0 Å². The van der Waals surface area contributed by atoms with E-state index in [1.807, 2.05) is 0 Å². The largest absolute Gasteiger partial charge is 0.379 e. The highest BCUT2D eigenvalue weighted by Crippen LogP contribution is 2.10. The van der Waals surface area contributed by atoms with Crippen molar-refractivity contribution in [3.63, 3.8) is 0 Å². The molecule has 3 N–H and O–H groups in total. The van der Waals surface area contributed by atoms with E-state index in [2.05, 4.69) is 15.2 Å². The van der Waals surface area contributed by atoms with E-state index < -0.39 is 9.84 Å². The van der Waals surface area contributed by atoms with E-state index in [4.69, 9.17) is 10.5 Å². The lowest BCUT2D eigenvalue weighted by Crippen LogP contribution is -2.39. The lowest BCUT2D eigenvalue weighted by molar-refractivity contribution is 0.0376. The summed E-state index contributed by atoms with van der Waals surface area (Å²) in [5, 5.41) is 3.07. The Kier molecular flexibility index (Phi) is 8.17. The normalized spacial score (nSPS) is 16.7. The number of morpholine rings is 1. The second kappa shape index (κ2) is 10.4. The molecule has 0 unspecified atom stereocenters. The number of nitrogens with two attached hydrogens (primary N) is 1. The Bertz CT molecular complexity index is 629. The van der Waals surface area contributed by atoms with Gasteiger partial charge in [-0.2, -0.15) is 0 Å². The third-order valence-electron chi connectivity index (χ3n) is 4.02. The Labute approximate surface area is 150 Å². The van der Waals surface area contributed by atoms with E-state index >= 15 is 0 Å². The molecule has 140 valence electrons. The molecule has 1 heterocycles. The fourth-order valence-electron chi connectivity index (χ4n) is 2.60. The molecule has 2 rings (SSSR count). The minimum atomic E-state index is -3.24. The summed E-state index contributed by atoms with van der Waals surface area (Å²) in [4.78, 5) is 6.91. The van der Waals surface area contributed by atoms with Gasteiger partial charge in [-0.05, 0) is 31.5 Å². The van der Waals surface area contributed by atoms with Gasteiger partial charge < -0.3 is 15.8 Å². The second-order valence-electron chi connectivity index (χ2n) is 5.99. The molecule has 25 heavy (non-hydrogen) atoms. The number of sulfone groups is 1. The number of ether oxygens (including phenoxy) is 1. The Morgan fingerprint density at radius 3 is 2.64 bits per heavy atom. The molecule has 1 saturated heterocycles. The summed E-state index contributed by atoms with van der Waals surface area (Å²) in [5.74, 6) is 0.448. The first kappa shape index (κ1) is 19.7. The molecule has 0 amide bonds. The maximum Gasteiger partial charge on any atom is 0.188 e. The molecule has 1 aliphatic rings. The molecule has 8 heteroatoms. The van der Waals surface area contributed by atoms with Crippen LogP contribution >= 0.6 is 0 Å². The number of benzene rings is 1. The van der Waals surface area contributed by atoms with E-state index in [1.165, 1.54) is 0 Å². The van der Waals surface area contributed by atoms with Crippen LogP contribution < -0.4 is 11.1 Å². The zero-order valence-electron chi connectivity index (χ0n) is 14.6. The van der Waals surface area contributed by atoms with Crippen molar-refractivity contribution in [1.29, 1.82) is 0 Å². The van der Waals surface area contributed by atoms with Crippen molar-refractivity contribution >= 4 is 15.8 Å². The average molecular weight is 369 g/mol. The number of nitrogens with zero attached hydrogens (tertiary/aromatic N) is 2. The molecule has 1 aromatic rings. The van der Waals surface area contributed by atoms with Crippen LogP contribution in [0.3, 0.4) is 0 Å². The molecule has 7 nitrogen and oxygen atoms in total. The van der Waals surface area contributed by atoms with E-state index in [9.17, 15) is 8.42 Å². The summed E-state index contributed by atoms with van der Waals surface area (Å²) in [6.45, 7) is 5.76. The van der Waals surface area contributed by atoms with E-state index in [0.29, 0.717) is 23.8 Å². The second-order valence-corrected chi connectivity index (χ2v) is 8.10. The fraction of sp³-hybridized carbons (Fsp3) is 0.588. The van der Waals surface area contributed by atoms with Gasteiger partial charge in [0.15, 0.2) is 15.8 Å². The molecule has 1 fully saturated rings. The summed E-state index contributed by atoms with van der Waals surface area (Å²) in [5.41, 5.74) is 5.81. The summed E-state index contributed by atoms with van der Waals surface area (Å²) in [6.07, 6.45) is 1.44. The maximum atomic E-state index is 12.1. The summed E-state index contributed by atoms with van der Waals surface area (Å²) < 4.78 is 29.6. The van der Waals surface area contributed by atoms with Gasteiger partial charge in [0.2, 0.25) is 0 Å². The molecule has 0 aromatic heterocycles. The first-order chi connectivity index (χ1) is 12.1. The minimum absolute atomic E-state index is 0.0742. The number of rotatable bonds is 9. The van der Waals surface area contributed by atoms with Crippen molar-refractivity contribution < 1.29 is 13.2 Å². The molecule has 0 saturated carbocycles. The zero-order chi connectivity index (χ0) is 18.0. The van der Waals surface area contributed by atoms with Crippen molar-refractivity contribution in [3.05, 3.63) is 30.3 Å². The predicted molar refractivity (Wildman–Crippen MR) is 99.5 cm³/mol. The van der Waals surface area contributed by atoms with Crippen LogP contribution in [0.2, 0.25) is 0 Å². The number of hydrogen-bond acceptors (Lipinski definition) is 5. The number of nitrogens with one attached hydrogen (secondary N) is 1. The van der Waals surface area contributed by atoms with Gasteiger partial charge >= 0.3 is 0 Å². The summed E-state index contributed by atoms with van der Waals surface area (Å²) >= 11 is 0. The lowest BCUT2D eigenvalue weighted by atomic mass is 10.3. The molecular formula is C17H28N4O3S. The first-order valence-electron chi connectivity index (χ1n) is 8.69. The highest BCUT2D eigenvalue weighted by atomic mass is 32.2. The molecular weight excluding hydrogens is 340 g/mol. The maximum absolute atomic E-state index is 12.1. The van der Waals surface area contributed by atoms with E-state index in [1.54, 1.807) is 30.3 Å². The van der Waals surface area contributed by atoms with Gasteiger partial charge in [0.05, 0.1) is 23.9 Å². The Balaban J connectivity index is 1.59. The molecule has 0 radical (unpaired) electrons. The van der Waals surface area contributed by atoms with Crippen LogP contribution in [0.25, 0.3) is 0 Å². The molecule has 0 aliphatic carbocycles. The van der Waals surface area contributed by atoms with Crippen LogP contribution in [0.1, 0.15) is 12.8 Å². The summed E-state index contributed by atoms with van der Waals surface area (Å²) in [7, 11) is -3.24. The highest BCUT2D eigenvalue weighted by Gasteiger charge is 2.13. The zero-order valence-corrected chi connectivity index (χ0v) is 15.4. The SMILES string of the molecule is NC(=NCCCS(=O)(=O)c1ccccc1)NCCCN1CCOCC1. The third kappa shape index (κ3) is 7.41. The van der Waals surface area contributed by atoms with Crippen LogP contribution in [0.5, 0.6) is 0 Å². The number of aliphatic imine (C=N–C) groups is 1. The molecule has 0 bridgehead atoms. The van der Waals surface area contributed by atoms with Gasteiger partial charge in [-0.25, -0.2) is 8.42 Å². The van der Waals surface area contributed by atoms with E-state index in [-0.39, 0.29) is 5.75 Å². The van der Waals surface area contributed by atoms with Gasteiger partial charge in [-0.15, -0.1) is 0 Å². The van der Waals surface area contributed by atoms with Crippen molar-refractivity contribution in [2.75, 3.05) is 51.7 Å². The first-order valence-corrected chi connectivity index (χ1v) is 10.3.